The van der Waals surface area contributed by atoms with Crippen molar-refractivity contribution in [3.05, 3.63) is 59.4 Å². The number of aromatic nitrogens is 1. The molecule has 0 aliphatic rings. The van der Waals surface area contributed by atoms with E-state index in [9.17, 15) is 4.79 Å². The van der Waals surface area contributed by atoms with Crippen LogP contribution in [0.5, 0.6) is 0 Å². The summed E-state index contributed by atoms with van der Waals surface area (Å²) in [5, 5.41) is 9.43. The quantitative estimate of drug-likeness (QED) is 0.863. The largest absolute Gasteiger partial charge is 0.478 e. The molecule has 0 unspecified atom stereocenters. The van der Waals surface area contributed by atoms with Gasteiger partial charge in [0.25, 0.3) is 0 Å². The van der Waals surface area contributed by atoms with E-state index in [0.29, 0.717) is 10.6 Å². The number of rotatable bonds is 3. The molecule has 96 valence electrons. The molecule has 0 aliphatic carbocycles. The summed E-state index contributed by atoms with van der Waals surface area (Å²) in [5.41, 5.74) is 3.36. The molecule has 3 nitrogen and oxygen atoms in total. The van der Waals surface area contributed by atoms with Crippen molar-refractivity contribution in [2.24, 2.45) is 0 Å². The van der Waals surface area contributed by atoms with Gasteiger partial charge in [-0.1, -0.05) is 23.7 Å². The number of nitrogens with zero attached hydrogens (tertiary/aromatic N) is 1. The highest BCUT2D eigenvalue weighted by molar-refractivity contribution is 6.30. The second-order valence-electron chi connectivity index (χ2n) is 4.13. The summed E-state index contributed by atoms with van der Waals surface area (Å²) in [7, 11) is 0. The fourth-order valence-corrected chi connectivity index (χ4v) is 1.85. The van der Waals surface area contributed by atoms with E-state index in [2.05, 4.69) is 4.98 Å². The van der Waals surface area contributed by atoms with Crippen LogP contribution in [0, 0.1) is 0 Å². The van der Waals surface area contributed by atoms with Gasteiger partial charge in [0.05, 0.1) is 0 Å². The first-order valence-electron chi connectivity index (χ1n) is 5.69. The molecule has 1 aromatic heterocycles. The highest BCUT2D eigenvalue weighted by Crippen LogP contribution is 2.23. The molecule has 1 aromatic carbocycles. The lowest BCUT2D eigenvalue weighted by Gasteiger charge is -2.05. The lowest BCUT2D eigenvalue weighted by molar-refractivity contribution is -0.131. The molecule has 4 heteroatoms. The summed E-state index contributed by atoms with van der Waals surface area (Å²) in [6.45, 7) is 1.75. The number of carboxylic acid groups (broad SMARTS) is 1. The SMILES string of the molecule is C/C(=C\C(=O)O)c1cncc(-c2ccc(Cl)cc2)c1. The van der Waals surface area contributed by atoms with Gasteiger partial charge in [0.2, 0.25) is 0 Å². The van der Waals surface area contributed by atoms with Gasteiger partial charge in [0.1, 0.15) is 0 Å². The van der Waals surface area contributed by atoms with E-state index < -0.39 is 5.97 Å². The Balaban J connectivity index is 2.39. The van der Waals surface area contributed by atoms with E-state index in [1.54, 1.807) is 19.3 Å². The second-order valence-corrected chi connectivity index (χ2v) is 4.57. The van der Waals surface area contributed by atoms with Crippen molar-refractivity contribution >= 4 is 23.1 Å². The maximum Gasteiger partial charge on any atom is 0.328 e. The monoisotopic (exact) mass is 273 g/mol. The number of carbonyl (C=O) groups is 1. The number of hydrogen-bond acceptors (Lipinski definition) is 2. The molecule has 0 bridgehead atoms. The van der Waals surface area contributed by atoms with Crippen LogP contribution < -0.4 is 0 Å². The minimum atomic E-state index is -0.964. The van der Waals surface area contributed by atoms with E-state index in [0.717, 1.165) is 16.7 Å². The molecule has 0 spiro atoms. The second kappa shape index (κ2) is 5.67. The van der Waals surface area contributed by atoms with Crippen molar-refractivity contribution in [3.63, 3.8) is 0 Å². The van der Waals surface area contributed by atoms with Crippen LogP contribution >= 0.6 is 11.6 Å². The normalized spacial score (nSPS) is 11.4. The summed E-state index contributed by atoms with van der Waals surface area (Å²) >= 11 is 5.85. The average Bonchev–Trinajstić information content (AvgIpc) is 2.39. The lowest BCUT2D eigenvalue weighted by atomic mass is 10.0. The van der Waals surface area contributed by atoms with E-state index in [1.165, 1.54) is 6.08 Å². The summed E-state index contributed by atoms with van der Waals surface area (Å²) in [6, 6.07) is 9.33. The number of hydrogen-bond donors (Lipinski definition) is 1. The van der Waals surface area contributed by atoms with Crippen molar-refractivity contribution in [1.29, 1.82) is 0 Å². The summed E-state index contributed by atoms with van der Waals surface area (Å²) in [4.78, 5) is 14.8. The zero-order valence-corrected chi connectivity index (χ0v) is 11.1. The van der Waals surface area contributed by atoms with Crippen LogP contribution in [0.15, 0.2) is 48.8 Å². The molecule has 0 amide bonds. The van der Waals surface area contributed by atoms with Crippen LogP contribution in [0.2, 0.25) is 5.02 Å². The van der Waals surface area contributed by atoms with Crippen molar-refractivity contribution in [2.45, 2.75) is 6.92 Å². The van der Waals surface area contributed by atoms with Gasteiger partial charge in [-0.2, -0.15) is 0 Å². The van der Waals surface area contributed by atoms with Gasteiger partial charge in [-0.3, -0.25) is 4.98 Å². The third-order valence-corrected chi connectivity index (χ3v) is 2.96. The van der Waals surface area contributed by atoms with Gasteiger partial charge in [-0.15, -0.1) is 0 Å². The van der Waals surface area contributed by atoms with Crippen LogP contribution in [0.1, 0.15) is 12.5 Å². The van der Waals surface area contributed by atoms with Crippen molar-refractivity contribution in [1.82, 2.24) is 4.98 Å². The number of halogens is 1. The Morgan fingerprint density at radius 1 is 1.21 bits per heavy atom. The minimum Gasteiger partial charge on any atom is -0.478 e. The van der Waals surface area contributed by atoms with Gasteiger partial charge in [0.15, 0.2) is 0 Å². The van der Waals surface area contributed by atoms with Crippen molar-refractivity contribution in [3.8, 4) is 11.1 Å². The number of allylic oxidation sites excluding steroid dienone is 1. The van der Waals surface area contributed by atoms with E-state index >= 15 is 0 Å². The van der Waals surface area contributed by atoms with Crippen LogP contribution in [-0.2, 0) is 4.79 Å². The molecular formula is C15H12ClNO2. The molecule has 0 radical (unpaired) electrons. The smallest absolute Gasteiger partial charge is 0.328 e. The minimum absolute atomic E-state index is 0.663. The molecule has 0 saturated carbocycles. The number of aliphatic carboxylic acids is 1. The maximum absolute atomic E-state index is 10.7. The van der Waals surface area contributed by atoms with E-state index in [4.69, 9.17) is 16.7 Å². The molecule has 1 N–H and O–H groups in total. The highest BCUT2D eigenvalue weighted by Gasteiger charge is 2.03. The molecular weight excluding hydrogens is 262 g/mol. The highest BCUT2D eigenvalue weighted by atomic mass is 35.5. The van der Waals surface area contributed by atoms with Crippen LogP contribution in [0.3, 0.4) is 0 Å². The van der Waals surface area contributed by atoms with Crippen molar-refractivity contribution in [2.75, 3.05) is 0 Å². The average molecular weight is 274 g/mol. The van der Waals surface area contributed by atoms with Gasteiger partial charge >= 0.3 is 5.97 Å². The standard InChI is InChI=1S/C15H12ClNO2/c1-10(6-15(18)19)12-7-13(9-17-8-12)11-2-4-14(16)5-3-11/h2-9H,1H3,(H,18,19)/b10-6+. The Hall–Kier alpha value is -2.13. The lowest BCUT2D eigenvalue weighted by Crippen LogP contribution is -1.91. The molecule has 19 heavy (non-hydrogen) atoms. The van der Waals surface area contributed by atoms with Gasteiger partial charge in [-0.05, 0) is 41.8 Å². The first-order valence-corrected chi connectivity index (χ1v) is 6.06. The number of pyridine rings is 1. The van der Waals surface area contributed by atoms with Crippen LogP contribution in [0.4, 0.5) is 0 Å². The van der Waals surface area contributed by atoms with Gasteiger partial charge in [-0.25, -0.2) is 4.79 Å². The summed E-state index contributed by atoms with van der Waals surface area (Å²) < 4.78 is 0. The first kappa shape index (κ1) is 13.3. The Labute approximate surface area is 116 Å². The molecule has 0 fully saturated rings. The fourth-order valence-electron chi connectivity index (χ4n) is 1.72. The molecule has 0 atom stereocenters. The summed E-state index contributed by atoms with van der Waals surface area (Å²) in [6.07, 6.45) is 4.55. The van der Waals surface area contributed by atoms with Crippen molar-refractivity contribution < 1.29 is 9.90 Å². The van der Waals surface area contributed by atoms with Crippen LogP contribution in [-0.4, -0.2) is 16.1 Å². The molecule has 0 aliphatic heterocycles. The first-order chi connectivity index (χ1) is 9.06. The Bertz CT molecular complexity index is 633. The molecule has 1 heterocycles. The zero-order valence-electron chi connectivity index (χ0n) is 10.3. The molecule has 2 rings (SSSR count). The number of carboxylic acids is 1. The predicted octanol–water partition coefficient (Wildman–Crippen LogP) is 3.89. The van der Waals surface area contributed by atoms with Gasteiger partial charge in [0, 0.05) is 29.1 Å². The molecule has 0 saturated heterocycles. The third kappa shape index (κ3) is 3.42. The summed E-state index contributed by atoms with van der Waals surface area (Å²) in [5.74, 6) is -0.964. The fraction of sp³-hybridized carbons (Fsp3) is 0.0667. The van der Waals surface area contributed by atoms with Gasteiger partial charge < -0.3 is 5.11 Å². The molecule has 2 aromatic rings. The Morgan fingerprint density at radius 2 is 1.89 bits per heavy atom. The third-order valence-electron chi connectivity index (χ3n) is 2.71. The van der Waals surface area contributed by atoms with Crippen LogP contribution in [0.25, 0.3) is 16.7 Å². The Kier molecular flexibility index (Phi) is 3.97. The number of benzene rings is 1. The van der Waals surface area contributed by atoms with E-state index in [1.807, 2.05) is 30.3 Å². The Morgan fingerprint density at radius 3 is 2.53 bits per heavy atom. The zero-order chi connectivity index (χ0) is 13.8. The maximum atomic E-state index is 10.7. The topological polar surface area (TPSA) is 50.2 Å². The predicted molar refractivity (Wildman–Crippen MR) is 76.0 cm³/mol. The van der Waals surface area contributed by atoms with E-state index in [-0.39, 0.29) is 0 Å².